The molecule has 0 heterocycles. The number of phosphoric acid groups is 2. The Morgan fingerprint density at radius 3 is 0.804 bits per heavy atom. The molecule has 0 spiro atoms. The summed E-state index contributed by atoms with van der Waals surface area (Å²) >= 11 is 0. The van der Waals surface area contributed by atoms with Gasteiger partial charge >= 0.3 is 39.5 Å². The molecule has 5 atom stereocenters. The summed E-state index contributed by atoms with van der Waals surface area (Å²) in [5.74, 6) is -2.21. The summed E-state index contributed by atoms with van der Waals surface area (Å²) in [6.45, 7) is 4.86. The SMILES string of the molecule is CCCCC/C=C\C/C=C\C/C=C\C/C=C\CCCC(=O)O[C@H](COC(=O)CCCCCCC/C=C\CCCCCCCC)COP(=O)(O)OC[C@H](O)COP(=O)(O)OC[C@@H](COC(=O)CCCCCCCCCCCCCCCCCCC)OC(=O)CCCCCCCCCCCCCCC. The van der Waals surface area contributed by atoms with Crippen LogP contribution in [-0.2, 0) is 65.4 Å². The minimum absolute atomic E-state index is 0.0216. The van der Waals surface area contributed by atoms with Gasteiger partial charge in [0.25, 0.3) is 0 Å². The maximum atomic E-state index is 13.1. The summed E-state index contributed by atoms with van der Waals surface area (Å²) in [6, 6.07) is 0. The van der Waals surface area contributed by atoms with Crippen molar-refractivity contribution in [2.75, 3.05) is 39.6 Å². The van der Waals surface area contributed by atoms with Gasteiger partial charge in [-0.25, -0.2) is 9.13 Å². The van der Waals surface area contributed by atoms with Gasteiger partial charge in [0.15, 0.2) is 12.2 Å². The molecule has 0 aromatic heterocycles. The average molecular weight is 1480 g/mol. The molecule has 0 aliphatic heterocycles. The van der Waals surface area contributed by atoms with Gasteiger partial charge in [-0.15, -0.1) is 0 Å². The van der Waals surface area contributed by atoms with Crippen molar-refractivity contribution in [3.63, 3.8) is 0 Å². The van der Waals surface area contributed by atoms with E-state index in [1.165, 1.54) is 193 Å². The normalized spacial score (nSPS) is 14.1. The van der Waals surface area contributed by atoms with Crippen LogP contribution in [0, 0.1) is 0 Å². The van der Waals surface area contributed by atoms with E-state index in [-0.39, 0.29) is 25.7 Å². The highest BCUT2D eigenvalue weighted by molar-refractivity contribution is 7.47. The third kappa shape index (κ3) is 75.0. The van der Waals surface area contributed by atoms with Gasteiger partial charge in [0.1, 0.15) is 19.3 Å². The maximum Gasteiger partial charge on any atom is 0.472 e. The van der Waals surface area contributed by atoms with Crippen LogP contribution in [0.2, 0.25) is 0 Å². The first-order valence-electron chi connectivity index (χ1n) is 41.5. The van der Waals surface area contributed by atoms with E-state index >= 15 is 0 Å². The number of allylic oxidation sites excluding steroid dienone is 10. The molecule has 3 N–H and O–H groups in total. The van der Waals surface area contributed by atoms with Crippen molar-refractivity contribution in [2.24, 2.45) is 0 Å². The van der Waals surface area contributed by atoms with Gasteiger partial charge in [0, 0.05) is 25.7 Å². The first-order valence-corrected chi connectivity index (χ1v) is 44.5. The molecule has 0 radical (unpaired) electrons. The monoisotopic (exact) mass is 1480 g/mol. The van der Waals surface area contributed by atoms with E-state index in [2.05, 4.69) is 76.3 Å². The average Bonchev–Trinajstić information content (AvgIpc) is 0.907. The van der Waals surface area contributed by atoms with Crippen molar-refractivity contribution in [3.8, 4) is 0 Å². The molecule has 0 aliphatic carbocycles. The quantitative estimate of drug-likeness (QED) is 0.0169. The highest BCUT2D eigenvalue weighted by Crippen LogP contribution is 2.45. The van der Waals surface area contributed by atoms with Gasteiger partial charge in [0.2, 0.25) is 0 Å². The summed E-state index contributed by atoms with van der Waals surface area (Å²) in [5.41, 5.74) is 0. The van der Waals surface area contributed by atoms with Crippen LogP contribution < -0.4 is 0 Å². The van der Waals surface area contributed by atoms with Crippen LogP contribution in [-0.4, -0.2) is 96.7 Å². The Labute approximate surface area is 622 Å². The lowest BCUT2D eigenvalue weighted by atomic mass is 10.0. The molecule has 0 rings (SSSR count). The number of carbonyl (C=O) groups is 4. The number of aliphatic hydroxyl groups is 1. The molecule has 0 aliphatic rings. The van der Waals surface area contributed by atoms with E-state index in [1.807, 2.05) is 12.2 Å². The molecule has 19 heteroatoms. The molecule has 596 valence electrons. The number of hydrogen-bond acceptors (Lipinski definition) is 15. The van der Waals surface area contributed by atoms with Crippen molar-refractivity contribution in [3.05, 3.63) is 60.8 Å². The summed E-state index contributed by atoms with van der Waals surface area (Å²) in [7, 11) is -9.96. The van der Waals surface area contributed by atoms with Crippen LogP contribution in [0.1, 0.15) is 387 Å². The summed E-state index contributed by atoms with van der Waals surface area (Å²) in [4.78, 5) is 73.0. The second-order valence-electron chi connectivity index (χ2n) is 28.1. The number of rotatable bonds is 79. The minimum Gasteiger partial charge on any atom is -0.462 e. The number of phosphoric ester groups is 2. The summed E-state index contributed by atoms with van der Waals surface area (Å²) < 4.78 is 68.6. The number of unbranched alkanes of at least 4 members (excludes halogenated alkanes) is 43. The van der Waals surface area contributed by atoms with E-state index in [1.54, 1.807) is 0 Å². The number of hydrogen-bond donors (Lipinski definition) is 3. The zero-order valence-corrected chi connectivity index (χ0v) is 67.1. The zero-order chi connectivity index (χ0) is 74.6. The van der Waals surface area contributed by atoms with Crippen LogP contribution in [0.4, 0.5) is 0 Å². The fourth-order valence-electron chi connectivity index (χ4n) is 11.6. The highest BCUT2D eigenvalue weighted by Gasteiger charge is 2.30. The van der Waals surface area contributed by atoms with E-state index in [4.69, 9.17) is 37.0 Å². The van der Waals surface area contributed by atoms with Gasteiger partial charge in [-0.05, 0) is 89.9 Å². The van der Waals surface area contributed by atoms with E-state index in [0.29, 0.717) is 32.1 Å². The van der Waals surface area contributed by atoms with Crippen LogP contribution in [0.3, 0.4) is 0 Å². The van der Waals surface area contributed by atoms with Crippen molar-refractivity contribution in [1.29, 1.82) is 0 Å². The van der Waals surface area contributed by atoms with Crippen LogP contribution in [0.15, 0.2) is 60.8 Å². The third-order valence-corrected chi connectivity index (χ3v) is 19.9. The van der Waals surface area contributed by atoms with Crippen LogP contribution >= 0.6 is 15.6 Å². The van der Waals surface area contributed by atoms with E-state index < -0.39 is 97.5 Å². The Morgan fingerprint density at radius 2 is 0.490 bits per heavy atom. The van der Waals surface area contributed by atoms with Crippen molar-refractivity contribution < 1.29 is 80.2 Å². The van der Waals surface area contributed by atoms with Gasteiger partial charge < -0.3 is 33.8 Å². The fraction of sp³-hybridized carbons (Fsp3) is 0.831. The third-order valence-electron chi connectivity index (χ3n) is 18.0. The molecular weight excluding hydrogens is 1330 g/mol. The molecule has 0 saturated heterocycles. The zero-order valence-electron chi connectivity index (χ0n) is 65.3. The number of aliphatic hydroxyl groups excluding tert-OH is 1. The van der Waals surface area contributed by atoms with Gasteiger partial charge in [-0.1, -0.05) is 332 Å². The van der Waals surface area contributed by atoms with Crippen molar-refractivity contribution in [1.82, 2.24) is 0 Å². The molecule has 0 fully saturated rings. The highest BCUT2D eigenvalue weighted by atomic mass is 31.2. The Bertz CT molecular complexity index is 2170. The first-order chi connectivity index (χ1) is 49.7. The van der Waals surface area contributed by atoms with Gasteiger partial charge in [0.05, 0.1) is 26.4 Å². The number of ether oxygens (including phenoxy) is 4. The lowest BCUT2D eigenvalue weighted by Crippen LogP contribution is -2.30. The Kier molecular flexibility index (Phi) is 73.6. The largest absolute Gasteiger partial charge is 0.472 e. The Morgan fingerprint density at radius 1 is 0.275 bits per heavy atom. The molecule has 102 heavy (non-hydrogen) atoms. The van der Waals surface area contributed by atoms with Crippen LogP contribution in [0.25, 0.3) is 0 Å². The van der Waals surface area contributed by atoms with E-state index in [0.717, 1.165) is 109 Å². The van der Waals surface area contributed by atoms with Crippen molar-refractivity contribution in [2.45, 2.75) is 406 Å². The fourth-order valence-corrected chi connectivity index (χ4v) is 13.2. The molecule has 17 nitrogen and oxygen atoms in total. The predicted molar refractivity (Wildman–Crippen MR) is 418 cm³/mol. The molecule has 0 aromatic carbocycles. The lowest BCUT2D eigenvalue weighted by Gasteiger charge is -2.21. The first kappa shape index (κ1) is 98.8. The lowest BCUT2D eigenvalue weighted by molar-refractivity contribution is -0.161. The predicted octanol–water partition coefficient (Wildman–Crippen LogP) is 24.2. The summed E-state index contributed by atoms with van der Waals surface area (Å²) in [5, 5.41) is 10.6. The number of carbonyl (C=O) groups excluding carboxylic acids is 4. The van der Waals surface area contributed by atoms with E-state index in [9.17, 15) is 43.2 Å². The minimum atomic E-state index is -4.99. The second-order valence-corrected chi connectivity index (χ2v) is 31.0. The molecule has 2 unspecified atom stereocenters. The van der Waals surface area contributed by atoms with Crippen molar-refractivity contribution >= 4 is 39.5 Å². The van der Waals surface area contributed by atoms with Gasteiger partial charge in [-0.3, -0.25) is 37.3 Å². The Balaban J connectivity index is 5.36. The molecule has 0 aromatic rings. The van der Waals surface area contributed by atoms with Gasteiger partial charge in [-0.2, -0.15) is 0 Å². The standard InChI is InChI=1S/C83H152O17P2/c1-5-9-13-17-21-25-29-33-36-38-41-45-48-52-56-60-64-68-81(86)94-73-78(99-82(87)69-65-61-57-53-49-43-32-28-24-20-16-12-8-4)75-97-101(89,90)95-71-77(84)72-96-102(91,92)98-76-79(74-93-80(85)67-63-59-55-51-47-44-40-35-31-27-23-19-15-11-7-3)100-83(88)70-66-62-58-54-50-46-42-39-37-34-30-26-22-18-14-10-6-2/h22,26,34-35,37,40,42,46,54,58,77-79,84H,5-21,23-25,27-33,36,38-39,41,43-45,47-53,55-57,59-76H2,1-4H3,(H,89,90)(H,91,92)/b26-22-,37-34-,40-35-,46-42-,58-54-/t77-,78-,79-/m1/s1. The topological polar surface area (TPSA) is 237 Å². The molecular formula is C83H152O17P2. The molecule has 0 saturated carbocycles. The summed E-state index contributed by atoms with van der Waals surface area (Å²) in [6.07, 6.45) is 76.3. The maximum absolute atomic E-state index is 13.1. The smallest absolute Gasteiger partial charge is 0.462 e. The Hall–Kier alpha value is -3.24. The molecule has 0 bridgehead atoms. The molecule has 0 amide bonds. The second kappa shape index (κ2) is 76.0. The van der Waals surface area contributed by atoms with Crippen LogP contribution in [0.5, 0.6) is 0 Å². The number of esters is 4.